The third-order valence-electron chi connectivity index (χ3n) is 7.08. The maximum absolute atomic E-state index is 13.2. The summed E-state index contributed by atoms with van der Waals surface area (Å²) in [7, 11) is -2.79. The Kier molecular flexibility index (Phi) is 8.77. The van der Waals surface area contributed by atoms with Crippen LogP contribution in [0.2, 0.25) is 5.02 Å². The summed E-state index contributed by atoms with van der Waals surface area (Å²) in [6.45, 7) is 2.56. The monoisotopic (exact) mass is 578 g/mol. The van der Waals surface area contributed by atoms with Crippen molar-refractivity contribution in [2.24, 2.45) is 0 Å². The highest BCUT2D eigenvalue weighted by atomic mass is 35.5. The van der Waals surface area contributed by atoms with E-state index in [0.717, 1.165) is 5.39 Å². The second-order valence-electron chi connectivity index (χ2n) is 9.77. The third kappa shape index (κ3) is 6.68. The van der Waals surface area contributed by atoms with Crippen molar-refractivity contribution in [2.75, 3.05) is 26.7 Å². The average Bonchev–Trinajstić information content (AvgIpc) is 3.26. The van der Waals surface area contributed by atoms with Gasteiger partial charge in [0.05, 0.1) is 12.0 Å². The van der Waals surface area contributed by atoms with Crippen LogP contribution in [0.15, 0.2) is 41.3 Å². The third-order valence-corrected chi connectivity index (χ3v) is 8.78. The van der Waals surface area contributed by atoms with E-state index in [1.807, 2.05) is 0 Å². The van der Waals surface area contributed by atoms with Crippen molar-refractivity contribution < 1.29 is 32.3 Å². The van der Waals surface area contributed by atoms with Crippen LogP contribution in [0.3, 0.4) is 0 Å². The Morgan fingerprint density at radius 1 is 1.10 bits per heavy atom. The molecular formula is C26H31ClN4O7S. The van der Waals surface area contributed by atoms with E-state index in [9.17, 15) is 27.6 Å². The van der Waals surface area contributed by atoms with Gasteiger partial charge in [-0.05, 0) is 61.2 Å². The lowest BCUT2D eigenvalue weighted by Gasteiger charge is -2.36. The van der Waals surface area contributed by atoms with Crippen molar-refractivity contribution in [3.05, 3.63) is 41.4 Å². The molecule has 13 heteroatoms. The van der Waals surface area contributed by atoms with E-state index in [-0.39, 0.29) is 36.4 Å². The quantitative estimate of drug-likeness (QED) is 0.356. The molecular weight excluding hydrogens is 548 g/mol. The number of methoxy groups -OCH3 is 1. The number of carbonyl (C=O) groups excluding carboxylic acids is 4. The van der Waals surface area contributed by atoms with Gasteiger partial charge in [-0.1, -0.05) is 23.7 Å². The number of hydrogen-bond donors (Lipinski definition) is 2. The maximum Gasteiger partial charge on any atom is 0.315 e. The number of likely N-dealkylation sites (tertiary alicyclic amines) is 2. The largest absolute Gasteiger partial charge is 0.469 e. The lowest BCUT2D eigenvalue weighted by Crippen LogP contribution is -2.55. The highest BCUT2D eigenvalue weighted by Crippen LogP contribution is 2.24. The number of hydrogen-bond acceptors (Lipinski definition) is 7. The number of benzene rings is 2. The Morgan fingerprint density at radius 3 is 2.56 bits per heavy atom. The topological polar surface area (TPSA) is 142 Å². The lowest BCUT2D eigenvalue weighted by atomic mass is 10.0. The van der Waals surface area contributed by atoms with Gasteiger partial charge in [-0.25, -0.2) is 8.42 Å². The average molecular weight is 579 g/mol. The number of fused-ring (bicyclic) bond motifs is 1. The van der Waals surface area contributed by atoms with Crippen LogP contribution in [0.5, 0.6) is 0 Å². The Hall–Kier alpha value is -3.22. The van der Waals surface area contributed by atoms with E-state index < -0.39 is 46.3 Å². The molecule has 2 N–H and O–H groups in total. The van der Waals surface area contributed by atoms with Gasteiger partial charge in [0.15, 0.2) is 0 Å². The molecule has 2 aromatic rings. The molecule has 11 nitrogen and oxygen atoms in total. The van der Waals surface area contributed by atoms with Crippen LogP contribution in [0.1, 0.15) is 32.6 Å². The summed E-state index contributed by atoms with van der Waals surface area (Å²) >= 11 is 6.01. The molecule has 3 amide bonds. The van der Waals surface area contributed by atoms with Crippen LogP contribution in [-0.2, 0) is 33.9 Å². The van der Waals surface area contributed by atoms with Crippen molar-refractivity contribution in [3.63, 3.8) is 0 Å². The van der Waals surface area contributed by atoms with E-state index in [1.165, 1.54) is 24.1 Å². The van der Waals surface area contributed by atoms with Crippen LogP contribution in [0.4, 0.5) is 0 Å². The maximum atomic E-state index is 13.2. The second-order valence-corrected chi connectivity index (χ2v) is 11.9. The fourth-order valence-corrected chi connectivity index (χ4v) is 6.43. The minimum absolute atomic E-state index is 0.0290. The molecule has 0 aromatic heterocycles. The number of ether oxygens (including phenoxy) is 1. The van der Waals surface area contributed by atoms with E-state index in [0.29, 0.717) is 29.8 Å². The van der Waals surface area contributed by atoms with Gasteiger partial charge in [0.25, 0.3) is 0 Å². The number of nitrogens with one attached hydrogen (secondary N) is 2. The van der Waals surface area contributed by atoms with Crippen LogP contribution in [-0.4, -0.2) is 86.8 Å². The first-order valence-electron chi connectivity index (χ1n) is 12.7. The highest BCUT2D eigenvalue weighted by Gasteiger charge is 2.40. The van der Waals surface area contributed by atoms with Gasteiger partial charge >= 0.3 is 5.97 Å². The Bertz CT molecular complexity index is 1400. The Morgan fingerprint density at radius 2 is 1.82 bits per heavy atom. The molecule has 0 spiro atoms. The predicted octanol–water partition coefficient (Wildman–Crippen LogP) is 1.43. The molecule has 39 heavy (non-hydrogen) atoms. The molecule has 3 atom stereocenters. The summed E-state index contributed by atoms with van der Waals surface area (Å²) in [5.74, 6) is -1.87. The van der Waals surface area contributed by atoms with Crippen LogP contribution < -0.4 is 10.0 Å². The molecule has 4 rings (SSSR count). The minimum atomic E-state index is -4.00. The van der Waals surface area contributed by atoms with Gasteiger partial charge in [0, 0.05) is 30.7 Å². The van der Waals surface area contributed by atoms with E-state index in [1.54, 1.807) is 36.1 Å². The van der Waals surface area contributed by atoms with Crippen molar-refractivity contribution in [1.82, 2.24) is 19.8 Å². The number of carbonyl (C=O) groups is 4. The van der Waals surface area contributed by atoms with E-state index in [2.05, 4.69) is 14.8 Å². The van der Waals surface area contributed by atoms with Gasteiger partial charge in [-0.15, -0.1) is 0 Å². The standard InChI is InChI=1S/C26H31ClN4O7S/c1-16(25(34)30-10-3-4-20(15-30)28-23(32)14-24(33)38-2)31-11-9-22(26(31)35)29-39(36,37)21-8-6-17-12-19(27)7-5-18(17)13-21/h5-8,12-13,16,20,22,29H,3-4,9-11,14-15H2,1-2H3,(H,28,32). The van der Waals surface area contributed by atoms with Gasteiger partial charge in [-0.2, -0.15) is 4.72 Å². The molecule has 2 heterocycles. The molecule has 2 saturated heterocycles. The summed E-state index contributed by atoms with van der Waals surface area (Å²) in [5, 5.41) is 4.78. The van der Waals surface area contributed by atoms with Crippen LogP contribution >= 0.6 is 11.6 Å². The molecule has 0 saturated carbocycles. The normalized spacial score (nSPS) is 20.6. The van der Waals surface area contributed by atoms with Gasteiger partial charge in [-0.3, -0.25) is 19.2 Å². The number of amides is 3. The SMILES string of the molecule is COC(=O)CC(=O)NC1CCCN(C(=O)C(C)N2CCC(NS(=O)(=O)c3ccc4cc(Cl)ccc4c3)C2=O)C1. The number of sulfonamides is 1. The molecule has 0 radical (unpaired) electrons. The number of esters is 1. The first kappa shape index (κ1) is 28.8. The van der Waals surface area contributed by atoms with E-state index >= 15 is 0 Å². The number of piperidine rings is 1. The van der Waals surface area contributed by atoms with Crippen molar-refractivity contribution >= 4 is 56.1 Å². The molecule has 0 aliphatic carbocycles. The minimum Gasteiger partial charge on any atom is -0.469 e. The zero-order valence-electron chi connectivity index (χ0n) is 21.7. The number of halogens is 1. The van der Waals surface area contributed by atoms with Crippen molar-refractivity contribution in [2.45, 2.75) is 55.6 Å². The van der Waals surface area contributed by atoms with Gasteiger partial charge < -0.3 is 19.9 Å². The lowest BCUT2D eigenvalue weighted by molar-refractivity contribution is -0.145. The molecule has 2 aliphatic heterocycles. The molecule has 3 unspecified atom stereocenters. The number of rotatable bonds is 8. The molecule has 210 valence electrons. The summed E-state index contributed by atoms with van der Waals surface area (Å²) in [4.78, 5) is 52.8. The van der Waals surface area contributed by atoms with Gasteiger partial charge in [0.2, 0.25) is 27.7 Å². The first-order valence-corrected chi connectivity index (χ1v) is 14.5. The number of nitrogens with zero attached hydrogens (tertiary/aromatic N) is 2. The summed E-state index contributed by atoms with van der Waals surface area (Å²) in [5.41, 5.74) is 0. The smallest absolute Gasteiger partial charge is 0.315 e. The highest BCUT2D eigenvalue weighted by molar-refractivity contribution is 7.89. The second kappa shape index (κ2) is 11.9. The predicted molar refractivity (Wildman–Crippen MR) is 143 cm³/mol. The summed E-state index contributed by atoms with van der Waals surface area (Å²) in [6, 6.07) is 7.66. The van der Waals surface area contributed by atoms with Crippen molar-refractivity contribution in [1.29, 1.82) is 0 Å². The van der Waals surface area contributed by atoms with Crippen LogP contribution in [0, 0.1) is 0 Å². The first-order chi connectivity index (χ1) is 18.5. The zero-order valence-corrected chi connectivity index (χ0v) is 23.3. The summed E-state index contributed by atoms with van der Waals surface area (Å²) in [6.07, 6.45) is 1.13. The molecule has 2 fully saturated rings. The fraction of sp³-hybridized carbons (Fsp3) is 0.462. The molecule has 2 aromatic carbocycles. The van der Waals surface area contributed by atoms with Crippen LogP contribution in [0.25, 0.3) is 10.8 Å². The molecule has 0 bridgehead atoms. The Labute approximate surface area is 231 Å². The zero-order chi connectivity index (χ0) is 28.3. The van der Waals surface area contributed by atoms with Gasteiger partial charge in [0.1, 0.15) is 18.5 Å². The van der Waals surface area contributed by atoms with Crippen molar-refractivity contribution in [3.8, 4) is 0 Å². The Balaban J connectivity index is 1.36. The fourth-order valence-electron chi connectivity index (χ4n) is 4.99. The molecule has 2 aliphatic rings. The summed E-state index contributed by atoms with van der Waals surface area (Å²) < 4.78 is 33.1. The van der Waals surface area contributed by atoms with E-state index in [4.69, 9.17) is 11.6 Å².